The van der Waals surface area contributed by atoms with E-state index in [0.717, 1.165) is 19.3 Å². The number of hydrazine groups is 1. The lowest BCUT2D eigenvalue weighted by Gasteiger charge is -2.35. The predicted molar refractivity (Wildman–Crippen MR) is 82.3 cm³/mol. The molecule has 0 bridgehead atoms. The molecule has 2 rings (SSSR count). The monoisotopic (exact) mass is 293 g/mol. The maximum atomic E-state index is 13.7. The molecule has 0 aromatic heterocycles. The third-order valence-corrected chi connectivity index (χ3v) is 4.39. The summed E-state index contributed by atoms with van der Waals surface area (Å²) in [5, 5.41) is 3.07. The standard InChI is InChI=1S/C16H24FN3O/c1-10(2)11-6-3-4-9-14(11)19-16(21)12-7-5-8-13(17)15(12)20-18/h5,7-8,10-11,14,20H,3-4,6,9,18H2,1-2H3,(H,19,21). The number of carbonyl (C=O) groups is 1. The molecule has 4 nitrogen and oxygen atoms in total. The Morgan fingerprint density at radius 3 is 2.71 bits per heavy atom. The maximum Gasteiger partial charge on any atom is 0.253 e. The zero-order valence-corrected chi connectivity index (χ0v) is 12.7. The molecule has 1 amide bonds. The van der Waals surface area contributed by atoms with Crippen molar-refractivity contribution in [2.45, 2.75) is 45.6 Å². The highest BCUT2D eigenvalue weighted by Gasteiger charge is 2.29. The van der Waals surface area contributed by atoms with Crippen molar-refractivity contribution in [3.8, 4) is 0 Å². The SMILES string of the molecule is CC(C)C1CCCCC1NC(=O)c1cccc(F)c1NN. The fourth-order valence-corrected chi connectivity index (χ4v) is 3.24. The number of hydrogen-bond acceptors (Lipinski definition) is 3. The summed E-state index contributed by atoms with van der Waals surface area (Å²) < 4.78 is 13.7. The minimum Gasteiger partial charge on any atom is -0.349 e. The van der Waals surface area contributed by atoms with Gasteiger partial charge in [-0.15, -0.1) is 0 Å². The van der Waals surface area contributed by atoms with E-state index in [1.54, 1.807) is 6.07 Å². The number of nitrogens with two attached hydrogens (primary N) is 1. The Morgan fingerprint density at radius 2 is 2.05 bits per heavy atom. The summed E-state index contributed by atoms with van der Waals surface area (Å²) in [6.07, 6.45) is 4.45. The van der Waals surface area contributed by atoms with Gasteiger partial charge in [-0.05, 0) is 36.8 Å². The van der Waals surface area contributed by atoms with Crippen LogP contribution in [-0.2, 0) is 0 Å². The molecule has 21 heavy (non-hydrogen) atoms. The van der Waals surface area contributed by atoms with Gasteiger partial charge in [0, 0.05) is 6.04 Å². The molecule has 1 aromatic rings. The van der Waals surface area contributed by atoms with Gasteiger partial charge in [0.05, 0.1) is 11.3 Å². The van der Waals surface area contributed by atoms with E-state index in [4.69, 9.17) is 5.84 Å². The quantitative estimate of drug-likeness (QED) is 0.590. The first kappa shape index (κ1) is 15.8. The van der Waals surface area contributed by atoms with E-state index in [1.165, 1.54) is 18.6 Å². The summed E-state index contributed by atoms with van der Waals surface area (Å²) in [7, 11) is 0. The number of hydrogen-bond donors (Lipinski definition) is 3. The van der Waals surface area contributed by atoms with Crippen molar-refractivity contribution < 1.29 is 9.18 Å². The van der Waals surface area contributed by atoms with E-state index in [-0.39, 0.29) is 23.2 Å². The molecule has 2 unspecified atom stereocenters. The van der Waals surface area contributed by atoms with Crippen molar-refractivity contribution in [2.24, 2.45) is 17.7 Å². The molecule has 1 fully saturated rings. The van der Waals surface area contributed by atoms with E-state index >= 15 is 0 Å². The van der Waals surface area contributed by atoms with Gasteiger partial charge in [-0.3, -0.25) is 10.6 Å². The number of nitrogens with one attached hydrogen (secondary N) is 2. The third kappa shape index (κ3) is 3.53. The van der Waals surface area contributed by atoms with Crippen LogP contribution in [0.1, 0.15) is 49.9 Å². The number of amides is 1. The van der Waals surface area contributed by atoms with Crippen molar-refractivity contribution in [1.82, 2.24) is 5.32 Å². The first-order chi connectivity index (χ1) is 10.0. The van der Waals surface area contributed by atoms with Crippen LogP contribution in [0, 0.1) is 17.7 Å². The summed E-state index contributed by atoms with van der Waals surface area (Å²) >= 11 is 0. The Bertz CT molecular complexity index is 504. The highest BCUT2D eigenvalue weighted by Crippen LogP contribution is 2.30. The van der Waals surface area contributed by atoms with Gasteiger partial charge in [0.2, 0.25) is 0 Å². The van der Waals surface area contributed by atoms with Crippen LogP contribution in [0.5, 0.6) is 0 Å². The lowest BCUT2D eigenvalue weighted by molar-refractivity contribution is 0.0889. The highest BCUT2D eigenvalue weighted by molar-refractivity contribution is 5.99. The second kappa shape index (κ2) is 6.89. The number of rotatable bonds is 4. The second-order valence-corrected chi connectivity index (χ2v) is 6.08. The van der Waals surface area contributed by atoms with Gasteiger partial charge in [-0.2, -0.15) is 0 Å². The summed E-state index contributed by atoms with van der Waals surface area (Å²) in [4.78, 5) is 12.4. The normalized spacial score (nSPS) is 22.1. The Hall–Kier alpha value is -1.62. The summed E-state index contributed by atoms with van der Waals surface area (Å²) in [5.41, 5.74) is 2.58. The van der Waals surface area contributed by atoms with Crippen LogP contribution >= 0.6 is 0 Å². The van der Waals surface area contributed by atoms with Gasteiger partial charge < -0.3 is 10.7 Å². The summed E-state index contributed by atoms with van der Waals surface area (Å²) in [6.45, 7) is 4.37. The molecule has 0 saturated heterocycles. The van der Waals surface area contributed by atoms with Crippen LogP contribution in [0.15, 0.2) is 18.2 Å². The van der Waals surface area contributed by atoms with Crippen LogP contribution in [0.25, 0.3) is 0 Å². The zero-order valence-electron chi connectivity index (χ0n) is 12.7. The van der Waals surface area contributed by atoms with Crippen LogP contribution in [-0.4, -0.2) is 11.9 Å². The van der Waals surface area contributed by atoms with E-state index in [9.17, 15) is 9.18 Å². The van der Waals surface area contributed by atoms with E-state index in [0.29, 0.717) is 11.8 Å². The molecule has 1 aliphatic rings. The van der Waals surface area contributed by atoms with Crippen LogP contribution in [0.2, 0.25) is 0 Å². The number of benzene rings is 1. The Kier molecular flexibility index (Phi) is 5.17. The smallest absolute Gasteiger partial charge is 0.253 e. The van der Waals surface area contributed by atoms with Crippen molar-refractivity contribution in [3.63, 3.8) is 0 Å². The summed E-state index contributed by atoms with van der Waals surface area (Å²) in [6, 6.07) is 4.54. The molecule has 0 heterocycles. The number of anilines is 1. The average Bonchev–Trinajstić information content (AvgIpc) is 2.47. The van der Waals surface area contributed by atoms with Crippen molar-refractivity contribution in [1.29, 1.82) is 0 Å². The van der Waals surface area contributed by atoms with Gasteiger partial charge in [-0.1, -0.05) is 32.8 Å². The van der Waals surface area contributed by atoms with E-state index in [1.807, 2.05) is 0 Å². The minimum atomic E-state index is -0.519. The molecule has 0 aliphatic heterocycles. The van der Waals surface area contributed by atoms with E-state index < -0.39 is 5.82 Å². The van der Waals surface area contributed by atoms with Gasteiger partial charge in [0.15, 0.2) is 0 Å². The topological polar surface area (TPSA) is 67.2 Å². The molecule has 1 aliphatic carbocycles. The molecule has 2 atom stereocenters. The number of halogens is 1. The fourth-order valence-electron chi connectivity index (χ4n) is 3.24. The van der Waals surface area contributed by atoms with Gasteiger partial charge in [0.1, 0.15) is 5.82 Å². The number of para-hydroxylation sites is 1. The zero-order chi connectivity index (χ0) is 15.4. The minimum absolute atomic E-state index is 0.0481. The Labute approximate surface area is 125 Å². The molecular formula is C16H24FN3O. The second-order valence-electron chi connectivity index (χ2n) is 6.08. The first-order valence-corrected chi connectivity index (χ1v) is 7.60. The molecule has 116 valence electrons. The van der Waals surface area contributed by atoms with Crippen molar-refractivity contribution in [3.05, 3.63) is 29.6 Å². The predicted octanol–water partition coefficient (Wildman–Crippen LogP) is 3.06. The molecule has 1 saturated carbocycles. The first-order valence-electron chi connectivity index (χ1n) is 7.60. The number of carbonyl (C=O) groups excluding carboxylic acids is 1. The largest absolute Gasteiger partial charge is 0.349 e. The average molecular weight is 293 g/mol. The molecule has 4 N–H and O–H groups in total. The van der Waals surface area contributed by atoms with Gasteiger partial charge in [-0.25, -0.2) is 4.39 Å². The van der Waals surface area contributed by atoms with Crippen molar-refractivity contribution in [2.75, 3.05) is 5.43 Å². The Balaban J connectivity index is 2.15. The van der Waals surface area contributed by atoms with Crippen molar-refractivity contribution >= 4 is 11.6 Å². The summed E-state index contributed by atoms with van der Waals surface area (Å²) in [5.74, 6) is 5.55. The molecule has 0 radical (unpaired) electrons. The maximum absolute atomic E-state index is 13.7. The van der Waals surface area contributed by atoms with Gasteiger partial charge in [0.25, 0.3) is 5.91 Å². The van der Waals surface area contributed by atoms with Crippen LogP contribution in [0.4, 0.5) is 10.1 Å². The molecule has 0 spiro atoms. The highest BCUT2D eigenvalue weighted by atomic mass is 19.1. The number of nitrogen functional groups attached to an aromatic ring is 1. The van der Waals surface area contributed by atoms with Crippen LogP contribution < -0.4 is 16.6 Å². The Morgan fingerprint density at radius 1 is 1.33 bits per heavy atom. The third-order valence-electron chi connectivity index (χ3n) is 4.39. The van der Waals surface area contributed by atoms with Gasteiger partial charge >= 0.3 is 0 Å². The van der Waals surface area contributed by atoms with Crippen LogP contribution in [0.3, 0.4) is 0 Å². The lowest BCUT2D eigenvalue weighted by atomic mass is 9.78. The fraction of sp³-hybridized carbons (Fsp3) is 0.562. The molecular weight excluding hydrogens is 269 g/mol. The molecule has 5 heteroatoms. The molecule has 1 aromatic carbocycles. The van der Waals surface area contributed by atoms with E-state index in [2.05, 4.69) is 24.6 Å². The lowest BCUT2D eigenvalue weighted by Crippen LogP contribution is -2.44.